The van der Waals surface area contributed by atoms with E-state index in [1.807, 2.05) is 0 Å². The van der Waals surface area contributed by atoms with Crippen LogP contribution in [0.3, 0.4) is 0 Å². The average molecular weight is 226 g/mol. The van der Waals surface area contributed by atoms with E-state index in [1.165, 1.54) is 11.9 Å². The molecule has 1 aromatic carbocycles. The number of anilines is 1. The topological polar surface area (TPSA) is 46.3 Å². The first-order chi connectivity index (χ1) is 7.43. The van der Waals surface area contributed by atoms with Crippen LogP contribution < -0.4 is 10.6 Å². The standard InChI is InChI=1S/C11H12F2N2O/c1-15-8-5-3-2-4-7(8)6-11(12,13)9(14)10(15)16/h2-5,9H,6,14H2,1H3. The van der Waals surface area contributed by atoms with Crippen molar-refractivity contribution in [3.63, 3.8) is 0 Å². The Hall–Kier alpha value is -1.49. The van der Waals surface area contributed by atoms with Gasteiger partial charge in [-0.25, -0.2) is 8.78 Å². The fraction of sp³-hybridized carbons (Fsp3) is 0.364. The summed E-state index contributed by atoms with van der Waals surface area (Å²) >= 11 is 0. The molecule has 1 aliphatic heterocycles. The quantitative estimate of drug-likeness (QED) is 0.721. The third-order valence-electron chi connectivity index (χ3n) is 2.83. The van der Waals surface area contributed by atoms with Crippen molar-refractivity contribution < 1.29 is 13.6 Å². The van der Waals surface area contributed by atoms with Crippen molar-refractivity contribution in [2.45, 2.75) is 18.4 Å². The van der Waals surface area contributed by atoms with Crippen molar-refractivity contribution in [3.8, 4) is 0 Å². The van der Waals surface area contributed by atoms with E-state index in [0.717, 1.165) is 0 Å². The Morgan fingerprint density at radius 2 is 2.06 bits per heavy atom. The van der Waals surface area contributed by atoms with E-state index in [4.69, 9.17) is 5.73 Å². The third-order valence-corrected chi connectivity index (χ3v) is 2.83. The molecular formula is C11H12F2N2O. The summed E-state index contributed by atoms with van der Waals surface area (Å²) in [5.74, 6) is -3.95. The lowest BCUT2D eigenvalue weighted by Crippen LogP contribution is -2.51. The Bertz CT molecular complexity index is 434. The summed E-state index contributed by atoms with van der Waals surface area (Å²) in [6, 6.07) is 4.83. The number of fused-ring (bicyclic) bond motifs is 1. The molecule has 0 fully saturated rings. The molecule has 0 aliphatic carbocycles. The van der Waals surface area contributed by atoms with Gasteiger partial charge in [0.2, 0.25) is 5.91 Å². The fourth-order valence-corrected chi connectivity index (χ4v) is 1.86. The molecule has 1 amide bonds. The molecule has 1 heterocycles. The van der Waals surface area contributed by atoms with Gasteiger partial charge in [0.25, 0.3) is 5.92 Å². The predicted molar refractivity (Wildman–Crippen MR) is 56.5 cm³/mol. The number of carbonyl (C=O) groups is 1. The van der Waals surface area contributed by atoms with Crippen LogP contribution in [0, 0.1) is 0 Å². The summed E-state index contributed by atoms with van der Waals surface area (Å²) < 4.78 is 27.2. The number of para-hydroxylation sites is 1. The smallest absolute Gasteiger partial charge is 0.275 e. The van der Waals surface area contributed by atoms with Gasteiger partial charge in [0.1, 0.15) is 6.04 Å². The van der Waals surface area contributed by atoms with E-state index in [1.54, 1.807) is 24.3 Å². The zero-order valence-corrected chi connectivity index (χ0v) is 8.78. The van der Waals surface area contributed by atoms with Crippen molar-refractivity contribution >= 4 is 11.6 Å². The van der Waals surface area contributed by atoms with Crippen molar-refractivity contribution in [2.24, 2.45) is 5.73 Å². The van der Waals surface area contributed by atoms with Crippen LogP contribution in [0.5, 0.6) is 0 Å². The minimum atomic E-state index is -3.20. The van der Waals surface area contributed by atoms with E-state index in [9.17, 15) is 13.6 Å². The van der Waals surface area contributed by atoms with Gasteiger partial charge >= 0.3 is 0 Å². The second-order valence-electron chi connectivity index (χ2n) is 3.94. The molecule has 86 valence electrons. The van der Waals surface area contributed by atoms with Gasteiger partial charge in [0.15, 0.2) is 0 Å². The van der Waals surface area contributed by atoms with Crippen LogP contribution in [0.2, 0.25) is 0 Å². The van der Waals surface area contributed by atoms with Crippen LogP contribution in [-0.4, -0.2) is 24.9 Å². The number of carbonyl (C=O) groups excluding carboxylic acids is 1. The summed E-state index contributed by atoms with van der Waals surface area (Å²) in [5, 5.41) is 0. The Kier molecular flexibility index (Phi) is 2.42. The lowest BCUT2D eigenvalue weighted by Gasteiger charge is -2.21. The van der Waals surface area contributed by atoms with Crippen LogP contribution in [-0.2, 0) is 11.2 Å². The summed E-state index contributed by atoms with van der Waals surface area (Å²) in [7, 11) is 1.46. The largest absolute Gasteiger partial charge is 0.315 e. The summed E-state index contributed by atoms with van der Waals surface area (Å²) in [6.07, 6.45) is -0.500. The van der Waals surface area contributed by atoms with E-state index in [2.05, 4.69) is 0 Å². The zero-order valence-electron chi connectivity index (χ0n) is 8.78. The zero-order chi connectivity index (χ0) is 11.9. The van der Waals surface area contributed by atoms with Crippen molar-refractivity contribution in [1.29, 1.82) is 0 Å². The van der Waals surface area contributed by atoms with E-state index < -0.39 is 24.3 Å². The molecule has 1 unspecified atom stereocenters. The number of likely N-dealkylation sites (N-methyl/N-ethyl adjacent to an activating group) is 1. The molecule has 0 saturated heterocycles. The van der Waals surface area contributed by atoms with Crippen LogP contribution in [0.25, 0.3) is 0 Å². The molecule has 5 heteroatoms. The number of alkyl halides is 2. The molecule has 0 saturated carbocycles. The minimum Gasteiger partial charge on any atom is -0.315 e. The van der Waals surface area contributed by atoms with Gasteiger partial charge in [-0.1, -0.05) is 18.2 Å². The number of nitrogens with two attached hydrogens (primary N) is 1. The lowest BCUT2D eigenvalue weighted by atomic mass is 10.0. The van der Waals surface area contributed by atoms with Gasteiger partial charge in [-0.15, -0.1) is 0 Å². The molecule has 16 heavy (non-hydrogen) atoms. The number of nitrogens with zero attached hydrogens (tertiary/aromatic N) is 1. The summed E-state index contributed by atoms with van der Waals surface area (Å²) in [5.41, 5.74) is 6.23. The SMILES string of the molecule is CN1C(=O)C(N)C(F)(F)Cc2ccccc21. The predicted octanol–water partition coefficient (Wildman–Crippen LogP) is 1.17. The van der Waals surface area contributed by atoms with Gasteiger partial charge in [-0.3, -0.25) is 4.79 Å². The number of amides is 1. The Morgan fingerprint density at radius 3 is 2.75 bits per heavy atom. The van der Waals surface area contributed by atoms with Gasteiger partial charge in [0.05, 0.1) is 0 Å². The normalized spacial score (nSPS) is 23.9. The van der Waals surface area contributed by atoms with E-state index in [0.29, 0.717) is 11.3 Å². The second kappa shape index (κ2) is 3.52. The molecule has 3 nitrogen and oxygen atoms in total. The second-order valence-corrected chi connectivity index (χ2v) is 3.94. The maximum Gasteiger partial charge on any atom is 0.275 e. The van der Waals surface area contributed by atoms with Gasteiger partial charge in [0, 0.05) is 19.2 Å². The van der Waals surface area contributed by atoms with Crippen molar-refractivity contribution in [3.05, 3.63) is 29.8 Å². The average Bonchev–Trinajstić information content (AvgIpc) is 2.31. The molecule has 0 spiro atoms. The molecular weight excluding hydrogens is 214 g/mol. The van der Waals surface area contributed by atoms with Crippen LogP contribution >= 0.6 is 0 Å². The number of benzene rings is 1. The minimum absolute atomic E-state index is 0.441. The van der Waals surface area contributed by atoms with E-state index in [-0.39, 0.29) is 0 Å². The highest BCUT2D eigenvalue weighted by molar-refractivity contribution is 5.98. The van der Waals surface area contributed by atoms with Crippen LogP contribution in [0.4, 0.5) is 14.5 Å². The van der Waals surface area contributed by atoms with Gasteiger partial charge in [-0.2, -0.15) is 0 Å². The molecule has 2 rings (SSSR count). The van der Waals surface area contributed by atoms with Crippen molar-refractivity contribution in [1.82, 2.24) is 0 Å². The first-order valence-corrected chi connectivity index (χ1v) is 4.92. The number of rotatable bonds is 0. The number of halogens is 2. The Labute approximate surface area is 91.8 Å². The summed E-state index contributed by atoms with van der Waals surface area (Å²) in [6.45, 7) is 0. The van der Waals surface area contributed by atoms with Crippen molar-refractivity contribution in [2.75, 3.05) is 11.9 Å². The van der Waals surface area contributed by atoms with Gasteiger partial charge < -0.3 is 10.6 Å². The Morgan fingerprint density at radius 1 is 1.44 bits per heavy atom. The fourth-order valence-electron chi connectivity index (χ4n) is 1.86. The summed E-state index contributed by atoms with van der Waals surface area (Å²) in [4.78, 5) is 12.8. The van der Waals surface area contributed by atoms with Crippen LogP contribution in [0.1, 0.15) is 5.56 Å². The molecule has 0 bridgehead atoms. The molecule has 0 aromatic heterocycles. The van der Waals surface area contributed by atoms with Gasteiger partial charge in [-0.05, 0) is 11.6 Å². The lowest BCUT2D eigenvalue weighted by molar-refractivity contribution is -0.128. The number of hydrogen-bond donors (Lipinski definition) is 1. The third kappa shape index (κ3) is 1.57. The monoisotopic (exact) mass is 226 g/mol. The maximum atomic E-state index is 13.6. The molecule has 0 radical (unpaired) electrons. The number of hydrogen-bond acceptors (Lipinski definition) is 2. The first-order valence-electron chi connectivity index (χ1n) is 4.92. The molecule has 1 aromatic rings. The highest BCUT2D eigenvalue weighted by Crippen LogP contribution is 2.33. The molecule has 2 N–H and O–H groups in total. The Balaban J connectivity index is 2.55. The highest BCUT2D eigenvalue weighted by Gasteiger charge is 2.46. The highest BCUT2D eigenvalue weighted by atomic mass is 19.3. The van der Waals surface area contributed by atoms with Crippen LogP contribution in [0.15, 0.2) is 24.3 Å². The molecule has 1 aliphatic rings. The van der Waals surface area contributed by atoms with E-state index >= 15 is 0 Å². The molecule has 1 atom stereocenters. The maximum absolute atomic E-state index is 13.6. The first kappa shape index (κ1) is 11.0.